The second-order valence-corrected chi connectivity index (χ2v) is 5.79. The Morgan fingerprint density at radius 3 is 2.70 bits per heavy atom. The van der Waals surface area contributed by atoms with Gasteiger partial charge in [0.15, 0.2) is 0 Å². The van der Waals surface area contributed by atoms with Gasteiger partial charge in [0.25, 0.3) is 5.91 Å². The Kier molecular flexibility index (Phi) is 4.34. The van der Waals surface area contributed by atoms with Gasteiger partial charge in [0.1, 0.15) is 5.75 Å². The van der Waals surface area contributed by atoms with E-state index in [9.17, 15) is 4.79 Å². The maximum absolute atomic E-state index is 13.0. The zero-order valence-corrected chi connectivity index (χ0v) is 13.7. The summed E-state index contributed by atoms with van der Waals surface area (Å²) in [5, 5.41) is 7.66. The van der Waals surface area contributed by atoms with Crippen LogP contribution in [0.5, 0.6) is 5.75 Å². The van der Waals surface area contributed by atoms with Crippen LogP contribution in [0.4, 0.5) is 0 Å². The van der Waals surface area contributed by atoms with Crippen molar-refractivity contribution in [1.29, 1.82) is 0 Å². The summed E-state index contributed by atoms with van der Waals surface area (Å²) >= 11 is 0. The first-order chi connectivity index (χ1) is 11.1. The quantitative estimate of drug-likeness (QED) is 0.933. The van der Waals surface area contributed by atoms with Gasteiger partial charge in [0.05, 0.1) is 24.4 Å². The first-order valence-electron chi connectivity index (χ1n) is 7.76. The van der Waals surface area contributed by atoms with Crippen molar-refractivity contribution in [3.63, 3.8) is 0 Å². The number of benzene rings is 1. The van der Waals surface area contributed by atoms with Crippen LogP contribution >= 0.6 is 0 Å². The van der Waals surface area contributed by atoms with Gasteiger partial charge in [-0.05, 0) is 24.6 Å². The molecule has 0 aliphatic carbocycles. The van der Waals surface area contributed by atoms with Crippen molar-refractivity contribution in [2.24, 2.45) is 7.05 Å². The van der Waals surface area contributed by atoms with Crippen LogP contribution in [0.2, 0.25) is 0 Å². The zero-order valence-electron chi connectivity index (χ0n) is 13.7. The summed E-state index contributed by atoms with van der Waals surface area (Å²) in [6.45, 7) is 4.11. The number of aromatic nitrogens is 2. The molecular weight excluding hydrogens is 292 g/mol. The average Bonchev–Trinajstić information content (AvgIpc) is 2.92. The second-order valence-electron chi connectivity index (χ2n) is 5.79. The molecule has 1 unspecified atom stereocenters. The van der Waals surface area contributed by atoms with E-state index in [1.54, 1.807) is 18.0 Å². The van der Waals surface area contributed by atoms with Crippen molar-refractivity contribution in [2.45, 2.75) is 13.0 Å². The standard InChI is InChI=1S/C17H22N4O2/c1-12-15(11-20(2)19-12)17(22)21-9-8-18-10-16(21)13-4-6-14(23-3)7-5-13/h4-7,11,16,18H,8-10H2,1-3H3. The smallest absolute Gasteiger partial charge is 0.257 e. The van der Waals surface area contributed by atoms with Gasteiger partial charge in [-0.2, -0.15) is 5.10 Å². The Balaban J connectivity index is 1.88. The summed E-state index contributed by atoms with van der Waals surface area (Å²) in [7, 11) is 3.49. The van der Waals surface area contributed by atoms with Crippen molar-refractivity contribution in [2.75, 3.05) is 26.7 Å². The number of nitrogens with zero attached hydrogens (tertiary/aromatic N) is 3. The lowest BCUT2D eigenvalue weighted by Crippen LogP contribution is -2.48. The van der Waals surface area contributed by atoms with E-state index in [-0.39, 0.29) is 11.9 Å². The van der Waals surface area contributed by atoms with Crippen LogP contribution in [0.15, 0.2) is 30.5 Å². The fourth-order valence-electron chi connectivity index (χ4n) is 3.04. The molecule has 23 heavy (non-hydrogen) atoms. The van der Waals surface area contributed by atoms with Gasteiger partial charge in [-0.1, -0.05) is 12.1 Å². The van der Waals surface area contributed by atoms with E-state index in [2.05, 4.69) is 10.4 Å². The Hall–Kier alpha value is -2.34. The summed E-state index contributed by atoms with van der Waals surface area (Å²) in [6.07, 6.45) is 1.80. The molecular formula is C17H22N4O2. The predicted molar refractivity (Wildman–Crippen MR) is 87.6 cm³/mol. The normalized spacial score (nSPS) is 18.0. The Morgan fingerprint density at radius 1 is 1.35 bits per heavy atom. The van der Waals surface area contributed by atoms with Gasteiger partial charge < -0.3 is 15.0 Å². The number of carbonyl (C=O) groups excluding carboxylic acids is 1. The van der Waals surface area contributed by atoms with Crippen molar-refractivity contribution in [3.8, 4) is 5.75 Å². The van der Waals surface area contributed by atoms with Crippen LogP contribution in [0.3, 0.4) is 0 Å². The van der Waals surface area contributed by atoms with Crippen LogP contribution in [-0.4, -0.2) is 47.3 Å². The number of carbonyl (C=O) groups is 1. The lowest BCUT2D eigenvalue weighted by molar-refractivity contribution is 0.0633. The molecule has 1 aliphatic rings. The molecule has 6 heteroatoms. The zero-order chi connectivity index (χ0) is 16.4. The van der Waals surface area contributed by atoms with E-state index < -0.39 is 0 Å². The van der Waals surface area contributed by atoms with Crippen LogP contribution < -0.4 is 10.1 Å². The number of methoxy groups -OCH3 is 1. The highest BCUT2D eigenvalue weighted by Gasteiger charge is 2.30. The molecule has 0 bridgehead atoms. The highest BCUT2D eigenvalue weighted by atomic mass is 16.5. The third kappa shape index (κ3) is 3.07. The lowest BCUT2D eigenvalue weighted by Gasteiger charge is -2.36. The molecule has 1 aliphatic heterocycles. The van der Waals surface area contributed by atoms with E-state index in [4.69, 9.17) is 4.74 Å². The molecule has 1 aromatic carbocycles. The van der Waals surface area contributed by atoms with Crippen molar-refractivity contribution < 1.29 is 9.53 Å². The Bertz CT molecular complexity index is 693. The first kappa shape index (κ1) is 15.6. The minimum Gasteiger partial charge on any atom is -0.497 e. The Morgan fingerprint density at radius 2 is 2.09 bits per heavy atom. The number of piperazine rings is 1. The number of aryl methyl sites for hydroxylation is 2. The summed E-state index contributed by atoms with van der Waals surface area (Å²) in [5.74, 6) is 0.858. The molecule has 6 nitrogen and oxygen atoms in total. The van der Waals surface area contributed by atoms with Crippen molar-refractivity contribution >= 4 is 5.91 Å². The van der Waals surface area contributed by atoms with Gasteiger partial charge in [0.2, 0.25) is 0 Å². The highest BCUT2D eigenvalue weighted by molar-refractivity contribution is 5.95. The average molecular weight is 314 g/mol. The van der Waals surface area contributed by atoms with Gasteiger partial charge in [-0.15, -0.1) is 0 Å². The third-order valence-electron chi connectivity index (χ3n) is 4.25. The molecule has 1 amide bonds. The summed E-state index contributed by atoms with van der Waals surface area (Å²) < 4.78 is 6.90. The predicted octanol–water partition coefficient (Wildman–Crippen LogP) is 1.52. The molecule has 0 saturated carbocycles. The molecule has 0 radical (unpaired) electrons. The van der Waals surface area contributed by atoms with Crippen LogP contribution in [0.1, 0.15) is 27.7 Å². The third-order valence-corrected chi connectivity index (χ3v) is 4.25. The lowest BCUT2D eigenvalue weighted by atomic mass is 10.0. The Labute approximate surface area is 136 Å². The van der Waals surface area contributed by atoms with E-state index >= 15 is 0 Å². The highest BCUT2D eigenvalue weighted by Crippen LogP contribution is 2.26. The fraction of sp³-hybridized carbons (Fsp3) is 0.412. The summed E-state index contributed by atoms with van der Waals surface area (Å²) in [6, 6.07) is 7.92. The molecule has 1 saturated heterocycles. The maximum Gasteiger partial charge on any atom is 0.257 e. The van der Waals surface area contributed by atoms with E-state index in [0.29, 0.717) is 12.1 Å². The van der Waals surface area contributed by atoms with Gasteiger partial charge >= 0.3 is 0 Å². The number of hydrogen-bond acceptors (Lipinski definition) is 4. The number of hydrogen-bond donors (Lipinski definition) is 1. The molecule has 2 heterocycles. The molecule has 0 spiro atoms. The summed E-state index contributed by atoms with van der Waals surface area (Å²) in [4.78, 5) is 14.9. The largest absolute Gasteiger partial charge is 0.497 e. The second kappa shape index (κ2) is 6.42. The van der Waals surface area contributed by atoms with Crippen molar-refractivity contribution in [1.82, 2.24) is 20.0 Å². The maximum atomic E-state index is 13.0. The van der Waals surface area contributed by atoms with E-state index in [1.165, 1.54) is 0 Å². The van der Waals surface area contributed by atoms with Gasteiger partial charge in [0, 0.05) is 32.9 Å². The van der Waals surface area contributed by atoms with E-state index in [0.717, 1.165) is 30.1 Å². The van der Waals surface area contributed by atoms with Gasteiger partial charge in [-0.25, -0.2) is 0 Å². The first-order valence-corrected chi connectivity index (χ1v) is 7.76. The van der Waals surface area contributed by atoms with Gasteiger partial charge in [-0.3, -0.25) is 9.48 Å². The summed E-state index contributed by atoms with van der Waals surface area (Å²) in [5.41, 5.74) is 2.55. The molecule has 1 N–H and O–H groups in total. The molecule has 3 rings (SSSR count). The number of nitrogens with one attached hydrogen (secondary N) is 1. The number of amides is 1. The molecule has 1 aromatic heterocycles. The minimum absolute atomic E-state index is 0.0155. The van der Waals surface area contributed by atoms with Crippen LogP contribution in [-0.2, 0) is 7.05 Å². The SMILES string of the molecule is COc1ccc(C2CNCCN2C(=O)c2cn(C)nc2C)cc1. The molecule has 1 atom stereocenters. The minimum atomic E-state index is 0.0155. The van der Waals surface area contributed by atoms with E-state index in [1.807, 2.05) is 43.1 Å². The van der Waals surface area contributed by atoms with Crippen LogP contribution in [0, 0.1) is 6.92 Å². The molecule has 1 fully saturated rings. The number of ether oxygens (including phenoxy) is 1. The molecule has 2 aromatic rings. The topological polar surface area (TPSA) is 59.4 Å². The molecule has 122 valence electrons. The monoisotopic (exact) mass is 314 g/mol. The fourth-order valence-corrected chi connectivity index (χ4v) is 3.04. The van der Waals surface area contributed by atoms with Crippen molar-refractivity contribution in [3.05, 3.63) is 47.3 Å². The van der Waals surface area contributed by atoms with Crippen LogP contribution in [0.25, 0.3) is 0 Å². The number of rotatable bonds is 3.